The maximum absolute atomic E-state index is 11.3. The van der Waals surface area contributed by atoms with Gasteiger partial charge >= 0.3 is 0 Å². The van der Waals surface area contributed by atoms with Gasteiger partial charge in [-0.3, -0.25) is 4.79 Å². The van der Waals surface area contributed by atoms with Crippen LogP contribution in [0.4, 0.5) is 0 Å². The fourth-order valence-electron chi connectivity index (χ4n) is 1.99. The number of Topliss-reactive ketones (excluding diaryl/α,β-unsaturated/α-hetero) is 1. The smallest absolute Gasteiger partial charge is 0.138 e. The highest BCUT2D eigenvalue weighted by atomic mass is 16.5. The lowest BCUT2D eigenvalue weighted by atomic mass is 9.96. The second-order valence-electron chi connectivity index (χ2n) is 4.67. The molecule has 0 N–H and O–H groups in total. The molecule has 1 unspecified atom stereocenters. The van der Waals surface area contributed by atoms with Crippen LogP contribution < -0.4 is 0 Å². The van der Waals surface area contributed by atoms with Crippen molar-refractivity contribution in [1.29, 1.82) is 0 Å². The zero-order valence-corrected chi connectivity index (χ0v) is 9.90. The number of ketones is 1. The summed E-state index contributed by atoms with van der Waals surface area (Å²) in [6.07, 6.45) is 1.07. The molecule has 2 heteroatoms. The third kappa shape index (κ3) is 2.50. The van der Waals surface area contributed by atoms with Gasteiger partial charge in [0.25, 0.3) is 0 Å². The van der Waals surface area contributed by atoms with E-state index < -0.39 is 0 Å². The summed E-state index contributed by atoms with van der Waals surface area (Å²) in [6, 6.07) is 8.42. The predicted octanol–water partition coefficient (Wildman–Crippen LogP) is 3.23. The number of benzene rings is 1. The first-order valence-electron chi connectivity index (χ1n) is 5.90. The molecule has 0 amide bonds. The third-order valence-corrected chi connectivity index (χ3v) is 3.09. The van der Waals surface area contributed by atoms with Crippen LogP contribution >= 0.6 is 0 Å². The van der Waals surface area contributed by atoms with E-state index in [1.165, 1.54) is 5.56 Å². The zero-order chi connectivity index (χ0) is 11.5. The number of rotatable bonds is 2. The molecule has 1 aliphatic heterocycles. The van der Waals surface area contributed by atoms with E-state index in [4.69, 9.17) is 4.74 Å². The van der Waals surface area contributed by atoms with Crippen molar-refractivity contribution in [2.75, 3.05) is 6.61 Å². The van der Waals surface area contributed by atoms with Gasteiger partial charge in [-0.25, -0.2) is 0 Å². The van der Waals surface area contributed by atoms with Crippen molar-refractivity contribution in [3.63, 3.8) is 0 Å². The summed E-state index contributed by atoms with van der Waals surface area (Å²) in [6.45, 7) is 4.92. The molecular weight excluding hydrogens is 200 g/mol. The lowest BCUT2D eigenvalue weighted by molar-refractivity contribution is -0.128. The van der Waals surface area contributed by atoms with Crippen molar-refractivity contribution in [3.8, 4) is 0 Å². The first-order chi connectivity index (χ1) is 7.66. The van der Waals surface area contributed by atoms with E-state index in [9.17, 15) is 4.79 Å². The van der Waals surface area contributed by atoms with Crippen LogP contribution in [0.5, 0.6) is 0 Å². The summed E-state index contributed by atoms with van der Waals surface area (Å²) >= 11 is 0. The van der Waals surface area contributed by atoms with Crippen LogP contribution in [0.2, 0.25) is 0 Å². The minimum atomic E-state index is -0.0255. The summed E-state index contributed by atoms with van der Waals surface area (Å²) in [4.78, 5) is 11.3. The highest BCUT2D eigenvalue weighted by molar-refractivity contribution is 5.79. The molecular formula is C14H18O2. The molecule has 1 fully saturated rings. The predicted molar refractivity (Wildman–Crippen MR) is 63.5 cm³/mol. The highest BCUT2D eigenvalue weighted by Gasteiger charge is 2.21. The summed E-state index contributed by atoms with van der Waals surface area (Å²) < 4.78 is 5.61. The first kappa shape index (κ1) is 11.3. The molecule has 1 aliphatic rings. The average Bonchev–Trinajstić information content (AvgIpc) is 2.29. The van der Waals surface area contributed by atoms with E-state index in [-0.39, 0.29) is 6.10 Å². The highest BCUT2D eigenvalue weighted by Crippen LogP contribution is 2.27. The quantitative estimate of drug-likeness (QED) is 0.761. The van der Waals surface area contributed by atoms with Crippen molar-refractivity contribution in [1.82, 2.24) is 0 Å². The topological polar surface area (TPSA) is 26.3 Å². The Kier molecular flexibility index (Phi) is 3.39. The van der Waals surface area contributed by atoms with Gasteiger partial charge in [0.1, 0.15) is 5.78 Å². The Morgan fingerprint density at radius 3 is 2.50 bits per heavy atom. The van der Waals surface area contributed by atoms with Gasteiger partial charge in [0.15, 0.2) is 0 Å². The van der Waals surface area contributed by atoms with E-state index in [2.05, 4.69) is 38.1 Å². The number of hydrogen-bond acceptors (Lipinski definition) is 2. The lowest BCUT2D eigenvalue weighted by Crippen LogP contribution is -2.19. The third-order valence-electron chi connectivity index (χ3n) is 3.09. The molecule has 1 aromatic carbocycles. The Bertz CT molecular complexity index is 365. The summed E-state index contributed by atoms with van der Waals surface area (Å²) in [7, 11) is 0. The number of carbonyl (C=O) groups excluding carboxylic acids is 1. The van der Waals surface area contributed by atoms with Gasteiger partial charge < -0.3 is 4.74 Å². The first-order valence-corrected chi connectivity index (χ1v) is 5.90. The minimum absolute atomic E-state index is 0.0255. The molecule has 0 saturated carbocycles. The molecule has 0 radical (unpaired) electrons. The number of ether oxygens (including phenoxy) is 1. The summed E-state index contributed by atoms with van der Waals surface area (Å²) in [5.41, 5.74) is 2.45. The van der Waals surface area contributed by atoms with E-state index in [1.807, 2.05) is 0 Å². The zero-order valence-electron chi connectivity index (χ0n) is 9.90. The minimum Gasteiger partial charge on any atom is -0.373 e. The number of carbonyl (C=O) groups is 1. The van der Waals surface area contributed by atoms with Crippen LogP contribution in [0.25, 0.3) is 0 Å². The van der Waals surface area contributed by atoms with Crippen molar-refractivity contribution < 1.29 is 9.53 Å². The fraction of sp³-hybridized carbons (Fsp3) is 0.500. The van der Waals surface area contributed by atoms with Crippen LogP contribution in [0.1, 0.15) is 49.8 Å². The number of hydrogen-bond donors (Lipinski definition) is 0. The largest absolute Gasteiger partial charge is 0.373 e. The molecule has 1 atom stereocenters. The van der Waals surface area contributed by atoms with Crippen LogP contribution in [0.3, 0.4) is 0 Å². The monoisotopic (exact) mass is 218 g/mol. The van der Waals surface area contributed by atoms with Crippen molar-refractivity contribution in [3.05, 3.63) is 35.4 Å². The molecule has 2 nitrogen and oxygen atoms in total. The van der Waals surface area contributed by atoms with E-state index >= 15 is 0 Å². The summed E-state index contributed by atoms with van der Waals surface area (Å²) in [5, 5.41) is 0. The SMILES string of the molecule is CC(C)c1ccc(C2CC(=O)CCO2)cc1. The van der Waals surface area contributed by atoms with Gasteiger partial charge in [-0.1, -0.05) is 38.1 Å². The standard InChI is InChI=1S/C14H18O2/c1-10(2)11-3-5-12(6-4-11)14-9-13(15)7-8-16-14/h3-6,10,14H,7-9H2,1-2H3. The van der Waals surface area contributed by atoms with Crippen molar-refractivity contribution in [2.24, 2.45) is 0 Å². The normalized spacial score (nSPS) is 21.4. The molecule has 0 aliphatic carbocycles. The summed E-state index contributed by atoms with van der Waals surface area (Å²) in [5.74, 6) is 0.854. The maximum atomic E-state index is 11.3. The fourth-order valence-corrected chi connectivity index (χ4v) is 1.99. The van der Waals surface area contributed by atoms with Gasteiger partial charge in [0.05, 0.1) is 12.7 Å². The van der Waals surface area contributed by atoms with E-state index in [0.29, 0.717) is 31.1 Å². The van der Waals surface area contributed by atoms with Gasteiger partial charge in [-0.05, 0) is 17.0 Å². The molecule has 1 heterocycles. The second-order valence-corrected chi connectivity index (χ2v) is 4.67. The Labute approximate surface area is 96.6 Å². The van der Waals surface area contributed by atoms with Crippen molar-refractivity contribution >= 4 is 5.78 Å². The molecule has 1 saturated heterocycles. The lowest BCUT2D eigenvalue weighted by Gasteiger charge is -2.22. The van der Waals surface area contributed by atoms with Crippen LogP contribution in [0.15, 0.2) is 24.3 Å². The Hall–Kier alpha value is -1.15. The van der Waals surface area contributed by atoms with Crippen LogP contribution in [0, 0.1) is 0 Å². The van der Waals surface area contributed by atoms with Crippen LogP contribution in [-0.2, 0) is 9.53 Å². The molecule has 86 valence electrons. The van der Waals surface area contributed by atoms with Crippen LogP contribution in [-0.4, -0.2) is 12.4 Å². The molecule has 2 rings (SSSR count). The molecule has 0 spiro atoms. The van der Waals surface area contributed by atoms with Crippen molar-refractivity contribution in [2.45, 2.75) is 38.7 Å². The maximum Gasteiger partial charge on any atom is 0.138 e. The van der Waals surface area contributed by atoms with Gasteiger partial charge in [-0.2, -0.15) is 0 Å². The van der Waals surface area contributed by atoms with E-state index in [0.717, 1.165) is 5.56 Å². The molecule has 16 heavy (non-hydrogen) atoms. The van der Waals surface area contributed by atoms with E-state index in [1.54, 1.807) is 0 Å². The second kappa shape index (κ2) is 4.79. The molecule has 0 bridgehead atoms. The Balaban J connectivity index is 2.11. The Morgan fingerprint density at radius 2 is 1.94 bits per heavy atom. The van der Waals surface area contributed by atoms with Gasteiger partial charge in [-0.15, -0.1) is 0 Å². The average molecular weight is 218 g/mol. The van der Waals surface area contributed by atoms with Gasteiger partial charge in [0.2, 0.25) is 0 Å². The Morgan fingerprint density at radius 1 is 1.25 bits per heavy atom. The molecule has 1 aromatic rings. The van der Waals surface area contributed by atoms with Gasteiger partial charge in [0, 0.05) is 12.8 Å². The molecule has 0 aromatic heterocycles.